The van der Waals surface area contributed by atoms with Crippen LogP contribution in [0.25, 0.3) is 0 Å². The number of thiazole rings is 1. The first-order valence-electron chi connectivity index (χ1n) is 8.38. The summed E-state index contributed by atoms with van der Waals surface area (Å²) >= 11 is 7.56. The first-order chi connectivity index (χ1) is 12.3. The van der Waals surface area contributed by atoms with Crippen molar-refractivity contribution in [2.24, 2.45) is 4.99 Å². The lowest BCUT2D eigenvalue weighted by molar-refractivity contribution is 0.0994. The zero-order valence-corrected chi connectivity index (χ0v) is 17.4. The fraction of sp³-hybridized carbons (Fsp3) is 0.474. The van der Waals surface area contributed by atoms with Crippen LogP contribution in [0.5, 0.6) is 5.75 Å². The molecule has 0 unspecified atom stereocenters. The van der Waals surface area contributed by atoms with Crippen LogP contribution in [0.3, 0.4) is 0 Å². The Balaban J connectivity index is 2.46. The molecule has 1 aromatic carbocycles. The second-order valence-electron chi connectivity index (χ2n) is 6.93. The molecular weight excluding hydrogens is 372 g/mol. The Hall–Kier alpha value is -1.63. The maximum Gasteiger partial charge on any atom is 0.283 e. The van der Waals surface area contributed by atoms with Gasteiger partial charge in [-0.2, -0.15) is 4.99 Å². The van der Waals surface area contributed by atoms with Gasteiger partial charge >= 0.3 is 0 Å². The van der Waals surface area contributed by atoms with Crippen LogP contribution in [0.2, 0.25) is 5.02 Å². The van der Waals surface area contributed by atoms with Crippen molar-refractivity contribution >= 4 is 28.8 Å². The van der Waals surface area contributed by atoms with Gasteiger partial charge in [0.1, 0.15) is 5.75 Å². The van der Waals surface area contributed by atoms with E-state index in [0.29, 0.717) is 27.7 Å². The SMILES string of the molecule is COCCCn1cc(C(C)(C)C)sc1=NC(=O)c1cc(Cl)ccc1OC. The molecule has 0 fully saturated rings. The monoisotopic (exact) mass is 396 g/mol. The summed E-state index contributed by atoms with van der Waals surface area (Å²) in [7, 11) is 3.20. The molecular formula is C19H25ClN2O3S. The normalized spacial score (nSPS) is 12.5. The number of methoxy groups -OCH3 is 2. The number of rotatable bonds is 6. The Labute approximate surface area is 163 Å². The smallest absolute Gasteiger partial charge is 0.283 e. The average Bonchev–Trinajstić information content (AvgIpc) is 2.98. The standard InChI is InChI=1S/C19H25ClN2O3S/c1-19(2,3)16-12-22(9-6-10-24-4)18(26-16)21-17(23)14-11-13(20)7-8-15(14)25-5/h7-8,11-12H,6,9-10H2,1-5H3. The molecule has 0 saturated carbocycles. The van der Waals surface area contributed by atoms with E-state index in [1.54, 1.807) is 25.3 Å². The van der Waals surface area contributed by atoms with E-state index < -0.39 is 0 Å². The minimum atomic E-state index is -0.368. The molecule has 1 aromatic heterocycles. The van der Waals surface area contributed by atoms with Crippen molar-refractivity contribution < 1.29 is 14.3 Å². The number of hydrogen-bond donors (Lipinski definition) is 0. The van der Waals surface area contributed by atoms with Crippen molar-refractivity contribution in [1.82, 2.24) is 4.57 Å². The average molecular weight is 397 g/mol. The van der Waals surface area contributed by atoms with E-state index in [0.717, 1.165) is 13.0 Å². The molecule has 1 amide bonds. The van der Waals surface area contributed by atoms with E-state index in [2.05, 4.69) is 32.0 Å². The fourth-order valence-electron chi connectivity index (χ4n) is 2.35. The van der Waals surface area contributed by atoms with E-state index >= 15 is 0 Å². The zero-order chi connectivity index (χ0) is 19.3. The van der Waals surface area contributed by atoms with Gasteiger partial charge in [0.25, 0.3) is 5.91 Å². The number of carbonyl (C=O) groups excluding carboxylic acids is 1. The molecule has 0 aliphatic carbocycles. The Bertz CT molecular complexity index is 834. The predicted octanol–water partition coefficient (Wildman–Crippen LogP) is 4.29. The van der Waals surface area contributed by atoms with Crippen molar-refractivity contribution in [1.29, 1.82) is 0 Å². The van der Waals surface area contributed by atoms with Gasteiger partial charge in [-0.3, -0.25) is 4.79 Å². The van der Waals surface area contributed by atoms with Gasteiger partial charge in [-0.05, 0) is 30.0 Å². The molecule has 0 spiro atoms. The molecule has 142 valence electrons. The molecule has 0 atom stereocenters. The number of benzene rings is 1. The second-order valence-corrected chi connectivity index (χ2v) is 8.37. The maximum atomic E-state index is 12.8. The van der Waals surface area contributed by atoms with Crippen LogP contribution in [-0.4, -0.2) is 31.3 Å². The van der Waals surface area contributed by atoms with Crippen molar-refractivity contribution in [2.75, 3.05) is 20.8 Å². The summed E-state index contributed by atoms with van der Waals surface area (Å²) in [6.07, 6.45) is 2.92. The minimum Gasteiger partial charge on any atom is -0.496 e. The van der Waals surface area contributed by atoms with Crippen molar-refractivity contribution in [3.8, 4) is 5.75 Å². The van der Waals surface area contributed by atoms with Crippen molar-refractivity contribution in [3.63, 3.8) is 0 Å². The van der Waals surface area contributed by atoms with Crippen LogP contribution in [0.4, 0.5) is 0 Å². The molecule has 0 bridgehead atoms. The third kappa shape index (κ3) is 5.19. The Morgan fingerprint density at radius 3 is 2.65 bits per heavy atom. The highest BCUT2D eigenvalue weighted by molar-refractivity contribution is 7.09. The van der Waals surface area contributed by atoms with Crippen LogP contribution >= 0.6 is 22.9 Å². The summed E-state index contributed by atoms with van der Waals surface area (Å²) in [4.78, 5) is 18.9. The summed E-state index contributed by atoms with van der Waals surface area (Å²) in [6.45, 7) is 7.82. The van der Waals surface area contributed by atoms with E-state index in [4.69, 9.17) is 21.1 Å². The summed E-state index contributed by atoms with van der Waals surface area (Å²) in [6, 6.07) is 4.94. The number of aryl methyl sites for hydroxylation is 1. The number of hydrogen-bond acceptors (Lipinski definition) is 4. The molecule has 0 N–H and O–H groups in total. The number of nitrogens with zero attached hydrogens (tertiary/aromatic N) is 2. The molecule has 5 nitrogen and oxygen atoms in total. The third-order valence-corrected chi connectivity index (χ3v) is 5.48. The fourth-order valence-corrected chi connectivity index (χ4v) is 3.59. The van der Waals surface area contributed by atoms with E-state index in [-0.39, 0.29) is 11.3 Å². The van der Waals surface area contributed by atoms with E-state index in [1.807, 2.05) is 4.57 Å². The molecule has 0 aliphatic rings. The van der Waals surface area contributed by atoms with E-state index in [9.17, 15) is 4.79 Å². The lowest BCUT2D eigenvalue weighted by atomic mass is 9.95. The van der Waals surface area contributed by atoms with Crippen LogP contribution < -0.4 is 9.54 Å². The van der Waals surface area contributed by atoms with Gasteiger partial charge in [0.2, 0.25) is 0 Å². The van der Waals surface area contributed by atoms with Gasteiger partial charge < -0.3 is 14.0 Å². The number of amides is 1. The Kier molecular flexibility index (Phi) is 7.03. The molecule has 0 radical (unpaired) electrons. The highest BCUT2D eigenvalue weighted by Crippen LogP contribution is 2.25. The maximum absolute atomic E-state index is 12.8. The number of ether oxygens (including phenoxy) is 2. The lowest BCUT2D eigenvalue weighted by Gasteiger charge is -2.14. The number of halogens is 1. The molecule has 7 heteroatoms. The van der Waals surface area contributed by atoms with Gasteiger partial charge in [0, 0.05) is 36.4 Å². The number of aromatic nitrogens is 1. The molecule has 26 heavy (non-hydrogen) atoms. The molecule has 2 rings (SSSR count). The van der Waals surface area contributed by atoms with Crippen molar-refractivity contribution in [2.45, 2.75) is 39.2 Å². The Morgan fingerprint density at radius 1 is 1.31 bits per heavy atom. The van der Waals surface area contributed by atoms with Crippen LogP contribution in [-0.2, 0) is 16.7 Å². The highest BCUT2D eigenvalue weighted by Gasteiger charge is 2.19. The van der Waals surface area contributed by atoms with Crippen LogP contribution in [0.1, 0.15) is 42.4 Å². The lowest BCUT2D eigenvalue weighted by Crippen LogP contribution is -2.17. The summed E-state index contributed by atoms with van der Waals surface area (Å²) in [5, 5.41) is 0.471. The third-order valence-electron chi connectivity index (χ3n) is 3.80. The van der Waals surface area contributed by atoms with Gasteiger partial charge in [0.05, 0.1) is 12.7 Å². The van der Waals surface area contributed by atoms with Crippen LogP contribution in [0, 0.1) is 0 Å². The minimum absolute atomic E-state index is 0.0156. The van der Waals surface area contributed by atoms with Gasteiger partial charge in [-0.15, -0.1) is 11.3 Å². The Morgan fingerprint density at radius 2 is 2.04 bits per heavy atom. The molecule has 1 heterocycles. The topological polar surface area (TPSA) is 52.8 Å². The zero-order valence-electron chi connectivity index (χ0n) is 15.8. The first-order valence-corrected chi connectivity index (χ1v) is 9.58. The highest BCUT2D eigenvalue weighted by atomic mass is 35.5. The molecule has 0 aliphatic heterocycles. The summed E-state index contributed by atoms with van der Waals surface area (Å²) in [5.74, 6) is 0.0915. The summed E-state index contributed by atoms with van der Waals surface area (Å²) < 4.78 is 12.4. The predicted molar refractivity (Wildman–Crippen MR) is 105 cm³/mol. The van der Waals surface area contributed by atoms with Gasteiger partial charge in [-0.25, -0.2) is 0 Å². The van der Waals surface area contributed by atoms with E-state index in [1.165, 1.54) is 23.3 Å². The number of carbonyl (C=O) groups is 1. The van der Waals surface area contributed by atoms with Crippen LogP contribution in [0.15, 0.2) is 29.4 Å². The van der Waals surface area contributed by atoms with Crippen molar-refractivity contribution in [3.05, 3.63) is 44.7 Å². The molecule has 0 saturated heterocycles. The van der Waals surface area contributed by atoms with Gasteiger partial charge in [-0.1, -0.05) is 32.4 Å². The quantitative estimate of drug-likeness (QED) is 0.684. The second kappa shape index (κ2) is 8.84. The first kappa shape index (κ1) is 20.7. The molecule has 2 aromatic rings. The van der Waals surface area contributed by atoms with Gasteiger partial charge in [0.15, 0.2) is 4.80 Å². The largest absolute Gasteiger partial charge is 0.496 e. The summed E-state index contributed by atoms with van der Waals surface area (Å²) in [5.41, 5.74) is 0.340.